The third-order valence-corrected chi connectivity index (χ3v) is 10.7. The van der Waals surface area contributed by atoms with Crippen LogP contribution in [0.2, 0.25) is 0 Å². The molecule has 4 heteroatoms. The maximum atomic E-state index is 6.30. The molecule has 0 fully saturated rings. The van der Waals surface area contributed by atoms with Gasteiger partial charge in [0.15, 0.2) is 17.5 Å². The second-order valence-corrected chi connectivity index (χ2v) is 13.9. The van der Waals surface area contributed by atoms with Crippen LogP contribution in [0.15, 0.2) is 192 Å². The number of furan rings is 1. The summed E-state index contributed by atoms with van der Waals surface area (Å²) >= 11 is 0. The van der Waals surface area contributed by atoms with E-state index in [4.69, 9.17) is 19.4 Å². The number of rotatable bonds is 5. The molecule has 4 nitrogen and oxygen atoms in total. The molecule has 256 valence electrons. The highest BCUT2D eigenvalue weighted by Gasteiger charge is 2.20. The van der Waals surface area contributed by atoms with E-state index in [1.54, 1.807) is 0 Å². The Morgan fingerprint density at radius 2 is 0.836 bits per heavy atom. The van der Waals surface area contributed by atoms with Crippen molar-refractivity contribution in [3.63, 3.8) is 0 Å². The number of fused-ring (bicyclic) bond motifs is 8. The largest absolute Gasteiger partial charge is 0.456 e. The summed E-state index contributed by atoms with van der Waals surface area (Å²) in [5.41, 5.74) is 8.79. The molecule has 2 aromatic heterocycles. The van der Waals surface area contributed by atoms with E-state index in [1.165, 1.54) is 32.3 Å². The van der Waals surface area contributed by atoms with Crippen LogP contribution in [0.3, 0.4) is 0 Å². The zero-order valence-corrected chi connectivity index (χ0v) is 29.6. The summed E-state index contributed by atoms with van der Waals surface area (Å²) in [7, 11) is 0. The van der Waals surface area contributed by atoms with Crippen LogP contribution in [0.1, 0.15) is 0 Å². The van der Waals surface area contributed by atoms with Gasteiger partial charge in [0.2, 0.25) is 0 Å². The van der Waals surface area contributed by atoms with Crippen molar-refractivity contribution in [2.45, 2.75) is 0 Å². The molecule has 2 heterocycles. The van der Waals surface area contributed by atoms with Gasteiger partial charge in [0.1, 0.15) is 11.2 Å². The van der Waals surface area contributed by atoms with Crippen LogP contribution in [-0.2, 0) is 0 Å². The normalized spacial score (nSPS) is 11.6. The lowest BCUT2D eigenvalue weighted by molar-refractivity contribution is 0.669. The van der Waals surface area contributed by atoms with Gasteiger partial charge in [-0.05, 0) is 72.8 Å². The molecule has 0 saturated heterocycles. The fourth-order valence-electron chi connectivity index (χ4n) is 8.19. The van der Waals surface area contributed by atoms with Gasteiger partial charge >= 0.3 is 0 Å². The molecular formula is C51H31N3O. The molecule has 9 aromatic carbocycles. The number of hydrogen-bond donors (Lipinski definition) is 0. The molecule has 0 amide bonds. The number of aromatic nitrogens is 3. The van der Waals surface area contributed by atoms with Gasteiger partial charge in [-0.25, -0.2) is 15.0 Å². The molecule has 0 bridgehead atoms. The van der Waals surface area contributed by atoms with Crippen molar-refractivity contribution in [1.82, 2.24) is 15.0 Å². The monoisotopic (exact) mass is 701 g/mol. The molecule has 11 rings (SSSR count). The first-order chi connectivity index (χ1) is 27.3. The molecule has 0 atom stereocenters. The van der Waals surface area contributed by atoms with Gasteiger partial charge in [0.05, 0.1) is 0 Å². The van der Waals surface area contributed by atoms with Crippen molar-refractivity contribution in [2.75, 3.05) is 0 Å². The van der Waals surface area contributed by atoms with Crippen molar-refractivity contribution in [1.29, 1.82) is 0 Å². The number of benzene rings is 9. The lowest BCUT2D eigenvalue weighted by Crippen LogP contribution is -2.01. The van der Waals surface area contributed by atoms with Crippen LogP contribution < -0.4 is 0 Å². The number of nitrogens with zero attached hydrogens (tertiary/aromatic N) is 3. The zero-order chi connectivity index (χ0) is 36.3. The molecule has 0 aliphatic rings. The Morgan fingerprint density at radius 3 is 1.75 bits per heavy atom. The van der Waals surface area contributed by atoms with E-state index < -0.39 is 0 Å². The molecule has 11 aromatic rings. The summed E-state index contributed by atoms with van der Waals surface area (Å²) in [5, 5.41) is 9.48. The van der Waals surface area contributed by atoms with Crippen LogP contribution >= 0.6 is 0 Å². The molecule has 0 spiro atoms. The SMILES string of the molecule is c1ccc(-c2ccccc2-c2nc(-c3cccc(-c4cccc5c4ccc4c6ccccc6ccc54)c3)nc(-c3cccc4oc5ccccc5c34)n2)cc1. The fourth-order valence-corrected chi connectivity index (χ4v) is 8.19. The lowest BCUT2D eigenvalue weighted by Gasteiger charge is -2.14. The topological polar surface area (TPSA) is 51.8 Å². The average Bonchev–Trinajstić information content (AvgIpc) is 3.65. The predicted octanol–water partition coefficient (Wildman–Crippen LogP) is 13.6. The molecule has 0 unspecified atom stereocenters. The molecule has 0 aliphatic carbocycles. The Bertz CT molecular complexity index is 3270. The number of hydrogen-bond acceptors (Lipinski definition) is 4. The smallest absolute Gasteiger partial charge is 0.164 e. The zero-order valence-electron chi connectivity index (χ0n) is 29.6. The highest BCUT2D eigenvalue weighted by molar-refractivity contribution is 6.19. The van der Waals surface area contributed by atoms with Gasteiger partial charge in [-0.3, -0.25) is 0 Å². The van der Waals surface area contributed by atoms with Crippen LogP contribution in [0.4, 0.5) is 0 Å². The van der Waals surface area contributed by atoms with Crippen LogP contribution in [0, 0.1) is 0 Å². The standard InChI is InChI=1S/C51H31N3O/c1-2-13-32(14-3-1)37-19-6-7-20-43(37)50-52-49(53-51(54-50)45-24-12-26-47-48(45)44-21-8-9-25-46(44)55-47)35-17-10-16-34(31-35)38-22-11-23-39-41(38)30-29-40-36-18-5-4-15-33(36)27-28-42(39)40/h1-31H. The van der Waals surface area contributed by atoms with Crippen molar-refractivity contribution >= 4 is 54.3 Å². The lowest BCUT2D eigenvalue weighted by atomic mass is 9.92. The second kappa shape index (κ2) is 12.6. The van der Waals surface area contributed by atoms with Crippen molar-refractivity contribution in [2.24, 2.45) is 0 Å². The molecule has 0 aliphatic heterocycles. The van der Waals surface area contributed by atoms with E-state index >= 15 is 0 Å². The summed E-state index contributed by atoms with van der Waals surface area (Å²) in [6.07, 6.45) is 0. The van der Waals surface area contributed by atoms with E-state index in [2.05, 4.69) is 146 Å². The van der Waals surface area contributed by atoms with E-state index in [-0.39, 0.29) is 0 Å². The van der Waals surface area contributed by atoms with Crippen LogP contribution in [0.25, 0.3) is 111 Å². The van der Waals surface area contributed by atoms with Gasteiger partial charge < -0.3 is 4.42 Å². The quantitative estimate of drug-likeness (QED) is 0.168. The minimum atomic E-state index is 0.592. The maximum absolute atomic E-state index is 6.30. The van der Waals surface area contributed by atoms with E-state index in [1.807, 2.05) is 42.5 Å². The molecule has 0 radical (unpaired) electrons. The summed E-state index contributed by atoms with van der Waals surface area (Å²) in [5.74, 6) is 1.81. The third-order valence-electron chi connectivity index (χ3n) is 10.7. The van der Waals surface area contributed by atoms with Crippen LogP contribution in [-0.4, -0.2) is 15.0 Å². The van der Waals surface area contributed by atoms with Crippen molar-refractivity contribution in [3.8, 4) is 56.4 Å². The van der Waals surface area contributed by atoms with Gasteiger partial charge in [-0.1, -0.05) is 170 Å². The Kier molecular flexibility index (Phi) is 7.14. The summed E-state index contributed by atoms with van der Waals surface area (Å²) < 4.78 is 6.30. The first-order valence-electron chi connectivity index (χ1n) is 18.5. The first kappa shape index (κ1) is 31.1. The second-order valence-electron chi connectivity index (χ2n) is 13.9. The van der Waals surface area contributed by atoms with Crippen molar-refractivity contribution < 1.29 is 4.42 Å². The fraction of sp³-hybridized carbons (Fsp3) is 0. The minimum absolute atomic E-state index is 0.592. The Hall–Kier alpha value is -7.43. The first-order valence-corrected chi connectivity index (χ1v) is 18.5. The van der Waals surface area contributed by atoms with E-state index in [9.17, 15) is 0 Å². The molecule has 0 N–H and O–H groups in total. The van der Waals surface area contributed by atoms with Crippen molar-refractivity contribution in [3.05, 3.63) is 188 Å². The highest BCUT2D eigenvalue weighted by atomic mass is 16.3. The van der Waals surface area contributed by atoms with Gasteiger partial charge in [-0.15, -0.1) is 0 Å². The van der Waals surface area contributed by atoms with Crippen LogP contribution in [0.5, 0.6) is 0 Å². The van der Waals surface area contributed by atoms with E-state index in [0.29, 0.717) is 17.5 Å². The maximum Gasteiger partial charge on any atom is 0.164 e. The van der Waals surface area contributed by atoms with E-state index in [0.717, 1.165) is 60.9 Å². The predicted molar refractivity (Wildman–Crippen MR) is 227 cm³/mol. The highest BCUT2D eigenvalue weighted by Crippen LogP contribution is 2.40. The molecule has 0 saturated carbocycles. The summed E-state index contributed by atoms with van der Waals surface area (Å²) in [4.78, 5) is 15.7. The molecule has 55 heavy (non-hydrogen) atoms. The van der Waals surface area contributed by atoms with Gasteiger partial charge in [0.25, 0.3) is 0 Å². The summed E-state index contributed by atoms with van der Waals surface area (Å²) in [6, 6.07) is 65.8. The van der Waals surface area contributed by atoms with Gasteiger partial charge in [-0.2, -0.15) is 0 Å². The van der Waals surface area contributed by atoms with Gasteiger partial charge in [0, 0.05) is 27.5 Å². The third kappa shape index (κ3) is 5.19. The Labute approximate surface area is 317 Å². The average molecular weight is 702 g/mol. The number of para-hydroxylation sites is 1. The summed E-state index contributed by atoms with van der Waals surface area (Å²) in [6.45, 7) is 0. The Morgan fingerprint density at radius 1 is 0.291 bits per heavy atom. The minimum Gasteiger partial charge on any atom is -0.456 e. The Balaban J connectivity index is 1.12. The molecular weight excluding hydrogens is 671 g/mol.